The van der Waals surface area contributed by atoms with E-state index in [-0.39, 0.29) is 34.5 Å². The molecule has 0 N–H and O–H groups in total. The van der Waals surface area contributed by atoms with Crippen molar-refractivity contribution in [2.75, 3.05) is 6.61 Å². The summed E-state index contributed by atoms with van der Waals surface area (Å²) in [6.45, 7) is 26.1. The fourth-order valence-corrected chi connectivity index (χ4v) is 8.77. The number of carbonyl (C=O) groups is 1. The molecule has 0 radical (unpaired) electrons. The zero-order valence-corrected chi connectivity index (χ0v) is 32.6. The fraction of sp³-hybridized carbons (Fsp3) is 0.763. The molecule has 0 aromatic heterocycles. The molecule has 0 saturated carbocycles. The first-order valence-electron chi connectivity index (χ1n) is 18.0. The van der Waals surface area contributed by atoms with Crippen molar-refractivity contribution in [3.05, 3.63) is 40.5 Å². The van der Waals surface area contributed by atoms with Crippen LogP contribution < -0.4 is 4.43 Å². The Morgan fingerprint density at radius 2 is 1.64 bits per heavy atom. The summed E-state index contributed by atoms with van der Waals surface area (Å²) >= 11 is 0. The van der Waals surface area contributed by atoms with Crippen LogP contribution in [-0.2, 0) is 25.1 Å². The molecule has 0 bridgehead atoms. The van der Waals surface area contributed by atoms with E-state index in [1.165, 1.54) is 29.5 Å². The number of rotatable bonds is 13. The second kappa shape index (κ2) is 14.5. The highest BCUT2D eigenvalue weighted by atomic mass is 28.4. The Morgan fingerprint density at radius 1 is 0.933 bits per heavy atom. The molecule has 7 heteroatoms. The van der Waals surface area contributed by atoms with Crippen LogP contribution in [-0.4, -0.2) is 41.4 Å². The zero-order valence-electron chi connectivity index (χ0n) is 30.6. The number of ketones is 1. The maximum Gasteiger partial charge on any atom is 0.250 e. The summed E-state index contributed by atoms with van der Waals surface area (Å²) in [4.78, 5) is 13.9. The van der Waals surface area contributed by atoms with Gasteiger partial charge in [0.1, 0.15) is 5.75 Å². The van der Waals surface area contributed by atoms with Gasteiger partial charge < -0.3 is 18.3 Å². The molecule has 1 saturated heterocycles. The van der Waals surface area contributed by atoms with Crippen molar-refractivity contribution in [3.8, 4) is 5.75 Å². The Hall–Kier alpha value is -1.26. The standard InChI is InChI=1S/C38H64O5Si2/c1-12-13-14-18-28(41-34-21-15-16-24-40-34)22-23-30-32(39)26-27-25-31-29(36(35(27)30)43-45(10,11)38(5,6)7)19-17-20-33(31)42-44(8,9)37(2,3)4/h17,19-20,27-28,34,36H,12-16,18,21-26H2,1-11H3/t27?,28-,34?,36-/m1/s1. The number of unbranched alkanes of at least 4 members (excludes halogenated alkanes) is 2. The van der Waals surface area contributed by atoms with Crippen LogP contribution >= 0.6 is 0 Å². The molecule has 1 aromatic rings. The lowest BCUT2D eigenvalue weighted by atomic mass is 9.78. The van der Waals surface area contributed by atoms with Crippen molar-refractivity contribution in [3.63, 3.8) is 0 Å². The highest BCUT2D eigenvalue weighted by molar-refractivity contribution is 6.75. The molecule has 1 aromatic carbocycles. The number of Topliss-reactive ketones (excluding diaryl/α,β-unsaturated/α-hetero) is 1. The van der Waals surface area contributed by atoms with Crippen LogP contribution in [0.15, 0.2) is 29.3 Å². The molecule has 45 heavy (non-hydrogen) atoms. The number of benzene rings is 1. The molecular formula is C38H64O5Si2. The van der Waals surface area contributed by atoms with Crippen molar-refractivity contribution >= 4 is 22.4 Å². The topological polar surface area (TPSA) is 54.0 Å². The molecule has 1 fully saturated rings. The predicted octanol–water partition coefficient (Wildman–Crippen LogP) is 10.8. The highest BCUT2D eigenvalue weighted by Gasteiger charge is 2.48. The number of hydrogen-bond donors (Lipinski definition) is 0. The first-order chi connectivity index (χ1) is 20.9. The van der Waals surface area contributed by atoms with E-state index < -0.39 is 16.6 Å². The van der Waals surface area contributed by atoms with Crippen LogP contribution in [0.3, 0.4) is 0 Å². The van der Waals surface area contributed by atoms with E-state index in [1.807, 2.05) is 0 Å². The lowest BCUT2D eigenvalue weighted by molar-refractivity contribution is -0.190. The lowest BCUT2D eigenvalue weighted by Crippen LogP contribution is -2.45. The largest absolute Gasteiger partial charge is 0.543 e. The van der Waals surface area contributed by atoms with Crippen molar-refractivity contribution in [1.29, 1.82) is 0 Å². The number of ether oxygens (including phenoxy) is 2. The maximum atomic E-state index is 13.9. The lowest BCUT2D eigenvalue weighted by Gasteiger charge is -2.44. The van der Waals surface area contributed by atoms with Crippen LogP contribution in [0, 0.1) is 5.92 Å². The van der Waals surface area contributed by atoms with E-state index in [0.29, 0.717) is 12.2 Å². The van der Waals surface area contributed by atoms with Crippen LogP contribution in [0.2, 0.25) is 36.3 Å². The molecule has 0 spiro atoms. The van der Waals surface area contributed by atoms with E-state index in [9.17, 15) is 4.79 Å². The van der Waals surface area contributed by atoms with Crippen molar-refractivity contribution in [2.45, 2.75) is 174 Å². The Bertz CT molecular complexity index is 1200. The van der Waals surface area contributed by atoms with E-state index in [2.05, 4.69) is 92.9 Å². The van der Waals surface area contributed by atoms with Crippen LogP contribution in [0.1, 0.15) is 130 Å². The molecular weight excluding hydrogens is 593 g/mol. The Morgan fingerprint density at radius 3 is 2.27 bits per heavy atom. The summed E-state index contributed by atoms with van der Waals surface area (Å²) < 4.78 is 26.9. The van der Waals surface area contributed by atoms with E-state index in [1.54, 1.807) is 0 Å². The molecule has 4 rings (SSSR count). The molecule has 1 aliphatic heterocycles. The number of fused-ring (bicyclic) bond motifs is 2. The number of hydrogen-bond acceptors (Lipinski definition) is 5. The third kappa shape index (κ3) is 8.62. The number of allylic oxidation sites excluding steroid dienone is 1. The summed E-state index contributed by atoms with van der Waals surface area (Å²) in [7, 11) is -4.24. The first-order valence-corrected chi connectivity index (χ1v) is 23.8. The van der Waals surface area contributed by atoms with Gasteiger partial charge in [0.25, 0.3) is 0 Å². The maximum absolute atomic E-state index is 13.9. The summed E-state index contributed by atoms with van der Waals surface area (Å²) in [5, 5.41) is 0.151. The average Bonchev–Trinajstić information content (AvgIpc) is 3.25. The zero-order chi connectivity index (χ0) is 33.2. The average molecular weight is 657 g/mol. The third-order valence-corrected chi connectivity index (χ3v) is 20.2. The van der Waals surface area contributed by atoms with Gasteiger partial charge in [-0.3, -0.25) is 4.79 Å². The minimum absolute atomic E-state index is 0.0525. The quantitative estimate of drug-likeness (QED) is 0.156. The molecule has 5 nitrogen and oxygen atoms in total. The Balaban J connectivity index is 1.71. The third-order valence-electron chi connectivity index (χ3n) is 11.5. The highest BCUT2D eigenvalue weighted by Crippen LogP contribution is 2.53. The van der Waals surface area contributed by atoms with Crippen LogP contribution in [0.4, 0.5) is 0 Å². The van der Waals surface area contributed by atoms with Gasteiger partial charge in [-0.15, -0.1) is 0 Å². The van der Waals surface area contributed by atoms with Gasteiger partial charge in [0.05, 0.1) is 12.2 Å². The molecule has 4 atom stereocenters. The van der Waals surface area contributed by atoms with Crippen molar-refractivity contribution in [2.24, 2.45) is 5.92 Å². The van der Waals surface area contributed by atoms with E-state index >= 15 is 0 Å². The predicted molar refractivity (Wildman–Crippen MR) is 191 cm³/mol. The fourth-order valence-electron chi connectivity index (χ4n) is 6.53. The second-order valence-electron chi connectivity index (χ2n) is 17.0. The first kappa shape index (κ1) is 36.6. The SMILES string of the molecule is CCCCC[C@H](CCC1=C2C(CC1=O)Cc1c(O[Si](C)(C)C(C)(C)C)cccc1[C@H]2O[Si](C)(C)C(C)(C)C)OC1CCCCO1. The van der Waals surface area contributed by atoms with E-state index in [0.717, 1.165) is 69.3 Å². The minimum atomic E-state index is -2.18. The molecule has 1 heterocycles. The van der Waals surface area contributed by atoms with Crippen molar-refractivity contribution < 1.29 is 23.1 Å². The van der Waals surface area contributed by atoms with Gasteiger partial charge in [0.15, 0.2) is 20.4 Å². The van der Waals surface area contributed by atoms with Crippen LogP contribution in [0.25, 0.3) is 0 Å². The summed E-state index contributed by atoms with van der Waals surface area (Å²) in [6, 6.07) is 6.54. The van der Waals surface area contributed by atoms with Gasteiger partial charge in [-0.05, 0) is 115 Å². The van der Waals surface area contributed by atoms with Gasteiger partial charge in [-0.1, -0.05) is 79.9 Å². The molecule has 0 amide bonds. The smallest absolute Gasteiger partial charge is 0.250 e. The van der Waals surface area contributed by atoms with Gasteiger partial charge in [0, 0.05) is 13.0 Å². The Labute approximate surface area is 277 Å². The summed E-state index contributed by atoms with van der Waals surface area (Å²) in [6.07, 6.45) is 10.6. The second-order valence-corrected chi connectivity index (χ2v) is 26.5. The van der Waals surface area contributed by atoms with Gasteiger partial charge in [-0.25, -0.2) is 0 Å². The molecule has 2 unspecified atom stereocenters. The minimum Gasteiger partial charge on any atom is -0.543 e. The molecule has 254 valence electrons. The van der Waals surface area contributed by atoms with Crippen molar-refractivity contribution in [1.82, 2.24) is 0 Å². The molecule has 3 aliphatic rings. The molecule has 2 aliphatic carbocycles. The van der Waals surface area contributed by atoms with Gasteiger partial charge in [-0.2, -0.15) is 0 Å². The summed E-state index contributed by atoms with van der Waals surface area (Å²) in [5.41, 5.74) is 4.73. The van der Waals surface area contributed by atoms with Crippen LogP contribution in [0.5, 0.6) is 5.75 Å². The number of carbonyl (C=O) groups excluding carboxylic acids is 1. The Kier molecular flexibility index (Phi) is 11.8. The van der Waals surface area contributed by atoms with Gasteiger partial charge >= 0.3 is 0 Å². The van der Waals surface area contributed by atoms with E-state index in [4.69, 9.17) is 18.3 Å². The normalized spacial score (nSPS) is 23.6. The van der Waals surface area contributed by atoms with Gasteiger partial charge in [0.2, 0.25) is 8.32 Å². The summed E-state index contributed by atoms with van der Waals surface area (Å²) in [5.74, 6) is 1.47. The monoisotopic (exact) mass is 656 g/mol.